The second-order valence-electron chi connectivity index (χ2n) is 15.3. The summed E-state index contributed by atoms with van der Waals surface area (Å²) in [6.45, 7) is 8.96. The van der Waals surface area contributed by atoms with E-state index in [0.717, 1.165) is 51.4 Å². The number of aliphatic carboxylic acids is 2. The first-order valence-corrected chi connectivity index (χ1v) is 21.4. The molecule has 0 radical (unpaired) electrons. The van der Waals surface area contributed by atoms with Gasteiger partial charge in [-0.25, -0.2) is 0 Å². The average molecular weight is 665 g/mol. The fourth-order valence-corrected chi connectivity index (χ4v) is 7.87. The van der Waals surface area contributed by atoms with E-state index in [9.17, 15) is 19.8 Å². The fourth-order valence-electron chi connectivity index (χ4n) is 7.87. The van der Waals surface area contributed by atoms with Gasteiger partial charge < -0.3 is 10.2 Å². The zero-order valence-electron chi connectivity index (χ0n) is 32.4. The third-order valence-electron chi connectivity index (χ3n) is 11.0. The van der Waals surface area contributed by atoms with Crippen molar-refractivity contribution >= 4 is 11.9 Å². The Balaban J connectivity index is 4.23. The maximum Gasteiger partial charge on any atom is 0.306 e. The number of hydrogen-bond donors (Lipinski definition) is 2. The van der Waals surface area contributed by atoms with Gasteiger partial charge in [-0.2, -0.15) is 0 Å². The second-order valence-corrected chi connectivity index (χ2v) is 15.3. The van der Waals surface area contributed by atoms with Crippen LogP contribution in [0.1, 0.15) is 240 Å². The average Bonchev–Trinajstić information content (AvgIpc) is 3.05. The minimum Gasteiger partial charge on any atom is -0.481 e. The van der Waals surface area contributed by atoms with Gasteiger partial charge in [0.15, 0.2) is 0 Å². The van der Waals surface area contributed by atoms with E-state index in [0.29, 0.717) is 11.8 Å². The molecule has 0 aliphatic rings. The topological polar surface area (TPSA) is 74.6 Å². The lowest BCUT2D eigenvalue weighted by Gasteiger charge is -2.24. The van der Waals surface area contributed by atoms with Crippen LogP contribution in [-0.4, -0.2) is 22.2 Å². The lowest BCUT2D eigenvalue weighted by molar-refractivity contribution is -0.145. The van der Waals surface area contributed by atoms with E-state index in [1.165, 1.54) is 161 Å². The predicted molar refractivity (Wildman–Crippen MR) is 204 cm³/mol. The van der Waals surface area contributed by atoms with Crippen molar-refractivity contribution in [3.63, 3.8) is 0 Å². The summed E-state index contributed by atoms with van der Waals surface area (Å²) in [6, 6.07) is 0. The molecule has 0 aromatic carbocycles. The number of carboxylic acids is 2. The van der Waals surface area contributed by atoms with Gasteiger partial charge in [0.05, 0.1) is 11.8 Å². The summed E-state index contributed by atoms with van der Waals surface area (Å²) in [5.41, 5.74) is 0. The number of hydrogen-bond acceptors (Lipinski definition) is 2. The molecule has 0 aromatic heterocycles. The molecule has 0 saturated heterocycles. The van der Waals surface area contributed by atoms with Crippen LogP contribution in [0.2, 0.25) is 0 Å². The Hall–Kier alpha value is -1.06. The molecule has 0 saturated carbocycles. The van der Waals surface area contributed by atoms with E-state index in [1.807, 2.05) is 0 Å². The van der Waals surface area contributed by atoms with Gasteiger partial charge in [0.2, 0.25) is 0 Å². The summed E-state index contributed by atoms with van der Waals surface area (Å²) in [7, 11) is 0. The summed E-state index contributed by atoms with van der Waals surface area (Å²) in [6.07, 6.45) is 39.3. The van der Waals surface area contributed by atoms with Gasteiger partial charge in [-0.3, -0.25) is 9.59 Å². The summed E-state index contributed by atoms with van der Waals surface area (Å²) in [4.78, 5) is 24.5. The lowest BCUT2D eigenvalue weighted by atomic mass is 9.80. The first-order valence-electron chi connectivity index (χ1n) is 21.4. The number of carbonyl (C=O) groups is 2. The van der Waals surface area contributed by atoms with Crippen molar-refractivity contribution in [3.05, 3.63) is 0 Å². The highest BCUT2D eigenvalue weighted by molar-refractivity contribution is 5.70. The molecule has 0 aliphatic carbocycles. The van der Waals surface area contributed by atoms with E-state index >= 15 is 0 Å². The maximum absolute atomic E-state index is 12.2. The van der Waals surface area contributed by atoms with Crippen molar-refractivity contribution in [1.29, 1.82) is 0 Å². The molecule has 0 aromatic rings. The Morgan fingerprint density at radius 1 is 0.319 bits per heavy atom. The Morgan fingerprint density at radius 2 is 0.511 bits per heavy atom. The molecule has 4 heteroatoms. The van der Waals surface area contributed by atoms with Crippen LogP contribution in [-0.2, 0) is 9.59 Å². The Labute approximate surface area is 294 Å². The van der Waals surface area contributed by atoms with Crippen LogP contribution in [0.25, 0.3) is 0 Å². The number of carboxylic acid groups (broad SMARTS) is 2. The quantitative estimate of drug-likeness (QED) is 0.0644. The van der Waals surface area contributed by atoms with E-state index in [1.54, 1.807) is 0 Å². The summed E-state index contributed by atoms with van der Waals surface area (Å²) >= 11 is 0. The van der Waals surface area contributed by atoms with Crippen molar-refractivity contribution in [2.24, 2.45) is 23.7 Å². The molecule has 0 amide bonds. The standard InChI is InChI=1S/C43H84O4/c1-5-9-13-26-32-38(33-27-14-10-6-2)40(42(44)45)36-30-24-22-20-18-17-19-21-23-25-31-37-41(43(46)47)39(34-28-15-11-7-3)35-29-16-12-8-4/h38-41H,5-37H2,1-4H3,(H,44,45)(H,46,47). The normalized spacial score (nSPS) is 13.1. The first-order chi connectivity index (χ1) is 22.9. The fraction of sp³-hybridized carbons (Fsp3) is 0.953. The predicted octanol–water partition coefficient (Wildman–Crippen LogP) is 14.6. The molecule has 280 valence electrons. The van der Waals surface area contributed by atoms with E-state index in [2.05, 4.69) is 27.7 Å². The van der Waals surface area contributed by atoms with Crippen molar-refractivity contribution in [2.45, 2.75) is 240 Å². The molecule has 47 heavy (non-hydrogen) atoms. The number of rotatable bonds is 38. The van der Waals surface area contributed by atoms with Crippen LogP contribution in [0.15, 0.2) is 0 Å². The monoisotopic (exact) mass is 665 g/mol. The molecule has 0 rings (SSSR count). The molecule has 2 unspecified atom stereocenters. The molecule has 2 atom stereocenters. The minimum atomic E-state index is -0.552. The van der Waals surface area contributed by atoms with Crippen LogP contribution >= 0.6 is 0 Å². The minimum absolute atomic E-state index is 0.147. The molecule has 0 bridgehead atoms. The van der Waals surface area contributed by atoms with E-state index < -0.39 is 11.9 Å². The zero-order valence-corrected chi connectivity index (χ0v) is 32.4. The molecular formula is C43H84O4. The summed E-state index contributed by atoms with van der Waals surface area (Å²) < 4.78 is 0. The summed E-state index contributed by atoms with van der Waals surface area (Å²) in [5, 5.41) is 20.1. The van der Waals surface area contributed by atoms with Gasteiger partial charge in [-0.1, -0.05) is 201 Å². The van der Waals surface area contributed by atoms with Crippen molar-refractivity contribution in [3.8, 4) is 0 Å². The molecule has 4 nitrogen and oxygen atoms in total. The molecular weight excluding hydrogens is 580 g/mol. The third kappa shape index (κ3) is 27.5. The second kappa shape index (κ2) is 34.8. The van der Waals surface area contributed by atoms with Gasteiger partial charge in [0, 0.05) is 0 Å². The van der Waals surface area contributed by atoms with Gasteiger partial charge in [0.1, 0.15) is 0 Å². The van der Waals surface area contributed by atoms with Gasteiger partial charge in [-0.15, -0.1) is 0 Å². The van der Waals surface area contributed by atoms with Gasteiger partial charge in [0.25, 0.3) is 0 Å². The van der Waals surface area contributed by atoms with E-state index in [-0.39, 0.29) is 11.8 Å². The highest BCUT2D eigenvalue weighted by Gasteiger charge is 2.28. The molecule has 0 heterocycles. The highest BCUT2D eigenvalue weighted by atomic mass is 16.4. The van der Waals surface area contributed by atoms with Crippen LogP contribution < -0.4 is 0 Å². The third-order valence-corrected chi connectivity index (χ3v) is 11.0. The molecule has 0 spiro atoms. The van der Waals surface area contributed by atoms with Crippen LogP contribution in [0.3, 0.4) is 0 Å². The Morgan fingerprint density at radius 3 is 0.723 bits per heavy atom. The smallest absolute Gasteiger partial charge is 0.306 e. The highest BCUT2D eigenvalue weighted by Crippen LogP contribution is 2.31. The van der Waals surface area contributed by atoms with Crippen molar-refractivity contribution < 1.29 is 19.8 Å². The maximum atomic E-state index is 12.2. The van der Waals surface area contributed by atoms with Crippen LogP contribution in [0, 0.1) is 23.7 Å². The number of unbranched alkanes of at least 4 members (excludes halogenated alkanes) is 22. The van der Waals surface area contributed by atoms with E-state index in [4.69, 9.17) is 0 Å². The van der Waals surface area contributed by atoms with Crippen LogP contribution in [0.4, 0.5) is 0 Å². The zero-order chi connectivity index (χ0) is 34.8. The Kier molecular flexibility index (Phi) is 34.0. The van der Waals surface area contributed by atoms with Crippen molar-refractivity contribution in [1.82, 2.24) is 0 Å². The largest absolute Gasteiger partial charge is 0.481 e. The molecule has 2 N–H and O–H groups in total. The van der Waals surface area contributed by atoms with Crippen LogP contribution in [0.5, 0.6) is 0 Å². The first kappa shape index (κ1) is 45.9. The van der Waals surface area contributed by atoms with Gasteiger partial charge >= 0.3 is 11.9 Å². The molecule has 0 aliphatic heterocycles. The van der Waals surface area contributed by atoms with Gasteiger partial charge in [-0.05, 0) is 50.4 Å². The Bertz CT molecular complexity index is 597. The van der Waals surface area contributed by atoms with Crippen molar-refractivity contribution in [2.75, 3.05) is 0 Å². The summed E-state index contributed by atoms with van der Waals surface area (Å²) in [5.74, 6) is -0.668. The lowest BCUT2D eigenvalue weighted by Crippen LogP contribution is -2.24. The SMILES string of the molecule is CCCCCCC(CCCCCC)C(CCCCCCCCCCCCCC(C(=O)O)C(CCCCCC)CCCCCC)C(=O)O. The molecule has 0 fully saturated rings.